The highest BCUT2D eigenvalue weighted by Gasteiger charge is 2.43. The molecule has 1 aliphatic heterocycles. The summed E-state index contributed by atoms with van der Waals surface area (Å²) in [5.74, 6) is -1.74. The highest BCUT2D eigenvalue weighted by Crippen LogP contribution is 2.18. The first kappa shape index (κ1) is 14.7. The van der Waals surface area contributed by atoms with Gasteiger partial charge in [0.15, 0.2) is 0 Å². The molecule has 0 saturated carbocycles. The molecule has 1 fully saturated rings. The topological polar surface area (TPSA) is 121 Å². The van der Waals surface area contributed by atoms with Crippen molar-refractivity contribution in [3.05, 3.63) is 33.1 Å². The van der Waals surface area contributed by atoms with Gasteiger partial charge in [-0.15, -0.1) is 0 Å². The first-order valence-electron chi connectivity index (χ1n) is 6.16. The number of aromatic amines is 1. The van der Waals surface area contributed by atoms with Crippen LogP contribution >= 0.6 is 0 Å². The van der Waals surface area contributed by atoms with Crippen molar-refractivity contribution in [3.63, 3.8) is 0 Å². The van der Waals surface area contributed by atoms with E-state index in [4.69, 9.17) is 0 Å². The zero-order valence-electron chi connectivity index (χ0n) is 11.5. The number of imide groups is 1. The van der Waals surface area contributed by atoms with Crippen LogP contribution in [0.2, 0.25) is 0 Å². The van der Waals surface area contributed by atoms with Gasteiger partial charge in [-0.2, -0.15) is 0 Å². The van der Waals surface area contributed by atoms with Crippen molar-refractivity contribution in [2.75, 3.05) is 6.54 Å². The van der Waals surface area contributed by atoms with E-state index in [-0.39, 0.29) is 13.1 Å². The van der Waals surface area contributed by atoms with Gasteiger partial charge in [0, 0.05) is 12.3 Å². The molecule has 2 N–H and O–H groups in total. The zero-order valence-corrected chi connectivity index (χ0v) is 11.5. The molecular weight excluding hydrogens is 280 g/mol. The van der Waals surface area contributed by atoms with E-state index in [0.717, 1.165) is 15.5 Å². The number of piperazine rings is 1. The lowest BCUT2D eigenvalue weighted by Gasteiger charge is -2.40. The second-order valence-electron chi connectivity index (χ2n) is 5.15. The molecule has 2 rings (SSSR count). The van der Waals surface area contributed by atoms with Gasteiger partial charge < -0.3 is 4.90 Å². The minimum atomic E-state index is -1.20. The van der Waals surface area contributed by atoms with Crippen molar-refractivity contribution >= 4 is 17.7 Å². The fraction of sp³-hybridized carbons (Fsp3) is 0.417. The number of hydrogen-bond donors (Lipinski definition) is 2. The van der Waals surface area contributed by atoms with Crippen molar-refractivity contribution in [2.45, 2.75) is 25.9 Å². The number of amides is 3. The summed E-state index contributed by atoms with van der Waals surface area (Å²) in [6.07, 6.45) is 1.18. The Kier molecular flexibility index (Phi) is 3.50. The van der Waals surface area contributed by atoms with Crippen LogP contribution in [0, 0.1) is 0 Å². The summed E-state index contributed by atoms with van der Waals surface area (Å²) in [6.45, 7) is 2.36. The highest BCUT2D eigenvalue weighted by atomic mass is 16.2. The smallest absolute Gasteiger partial charge is 0.318 e. The second kappa shape index (κ2) is 5.00. The molecule has 3 amide bonds. The summed E-state index contributed by atoms with van der Waals surface area (Å²) in [7, 11) is 0. The molecule has 2 heterocycles. The number of nitrogens with one attached hydrogen (secondary N) is 2. The molecule has 0 unspecified atom stereocenters. The van der Waals surface area contributed by atoms with Gasteiger partial charge in [-0.05, 0) is 13.8 Å². The molecule has 0 aromatic carbocycles. The van der Waals surface area contributed by atoms with Crippen LogP contribution in [0.5, 0.6) is 0 Å². The van der Waals surface area contributed by atoms with Gasteiger partial charge in [0.05, 0.1) is 0 Å². The van der Waals surface area contributed by atoms with Gasteiger partial charge in [0.25, 0.3) is 11.5 Å². The maximum absolute atomic E-state index is 12.3. The molecule has 21 heavy (non-hydrogen) atoms. The van der Waals surface area contributed by atoms with Crippen LogP contribution in [0.25, 0.3) is 0 Å². The zero-order chi connectivity index (χ0) is 15.8. The molecule has 9 nitrogen and oxygen atoms in total. The van der Waals surface area contributed by atoms with Crippen molar-refractivity contribution in [1.29, 1.82) is 0 Å². The SMILES string of the molecule is CC1(C)C(=O)NC(=O)CN1C(=O)Cn1ccc(=O)[nH]c1=O. The lowest BCUT2D eigenvalue weighted by molar-refractivity contribution is -0.155. The van der Waals surface area contributed by atoms with Gasteiger partial charge in [0.1, 0.15) is 18.6 Å². The maximum Gasteiger partial charge on any atom is 0.328 e. The minimum Gasteiger partial charge on any atom is -0.318 e. The number of nitrogens with zero attached hydrogens (tertiary/aromatic N) is 2. The molecule has 1 aromatic rings. The van der Waals surface area contributed by atoms with Gasteiger partial charge in [-0.3, -0.25) is 34.0 Å². The van der Waals surface area contributed by atoms with Crippen LogP contribution < -0.4 is 16.6 Å². The summed E-state index contributed by atoms with van der Waals surface area (Å²) in [6, 6.07) is 1.11. The average molecular weight is 294 g/mol. The summed E-state index contributed by atoms with van der Waals surface area (Å²) in [5, 5.41) is 2.15. The molecule has 0 bridgehead atoms. The van der Waals surface area contributed by atoms with Gasteiger partial charge in [-0.25, -0.2) is 4.79 Å². The van der Waals surface area contributed by atoms with Crippen molar-refractivity contribution in [2.24, 2.45) is 0 Å². The van der Waals surface area contributed by atoms with E-state index in [0.29, 0.717) is 0 Å². The maximum atomic E-state index is 12.3. The van der Waals surface area contributed by atoms with Gasteiger partial charge >= 0.3 is 5.69 Å². The minimum absolute atomic E-state index is 0.268. The first-order chi connectivity index (χ1) is 9.71. The van der Waals surface area contributed by atoms with E-state index in [9.17, 15) is 24.0 Å². The standard InChI is InChI=1S/C12H14N4O5/c1-12(2)10(20)13-8(18)5-16(12)9(19)6-15-4-3-7(17)14-11(15)21/h3-4H,5-6H2,1-2H3,(H,13,18,20)(H,14,17,21). The highest BCUT2D eigenvalue weighted by molar-refractivity contribution is 6.06. The van der Waals surface area contributed by atoms with Gasteiger partial charge in [0.2, 0.25) is 11.8 Å². The third-order valence-electron chi connectivity index (χ3n) is 3.29. The summed E-state index contributed by atoms with van der Waals surface area (Å²) in [4.78, 5) is 61.0. The Balaban J connectivity index is 2.26. The molecule has 9 heteroatoms. The molecule has 1 aliphatic rings. The van der Waals surface area contributed by atoms with E-state index in [1.807, 2.05) is 4.98 Å². The number of carbonyl (C=O) groups excluding carboxylic acids is 3. The normalized spacial score (nSPS) is 17.5. The lowest BCUT2D eigenvalue weighted by atomic mass is 9.98. The Bertz CT molecular complexity index is 730. The van der Waals surface area contributed by atoms with E-state index in [1.165, 1.54) is 20.0 Å². The average Bonchev–Trinajstić information content (AvgIpc) is 2.37. The monoisotopic (exact) mass is 294 g/mol. The van der Waals surface area contributed by atoms with Crippen molar-refractivity contribution in [3.8, 4) is 0 Å². The molecule has 0 aliphatic carbocycles. The Morgan fingerprint density at radius 2 is 1.95 bits per heavy atom. The van der Waals surface area contributed by atoms with E-state index in [1.54, 1.807) is 0 Å². The van der Waals surface area contributed by atoms with Crippen molar-refractivity contribution < 1.29 is 14.4 Å². The molecular formula is C12H14N4O5. The van der Waals surface area contributed by atoms with Crippen LogP contribution in [0.3, 0.4) is 0 Å². The fourth-order valence-electron chi connectivity index (χ4n) is 1.98. The Hall–Kier alpha value is -2.71. The number of rotatable bonds is 2. The number of aromatic nitrogens is 2. The number of H-pyrrole nitrogens is 1. The molecule has 0 radical (unpaired) electrons. The summed E-state index contributed by atoms with van der Waals surface area (Å²) >= 11 is 0. The first-order valence-corrected chi connectivity index (χ1v) is 6.16. The van der Waals surface area contributed by atoms with E-state index >= 15 is 0 Å². The third kappa shape index (κ3) is 2.76. The predicted octanol–water partition coefficient (Wildman–Crippen LogP) is -2.20. The summed E-state index contributed by atoms with van der Waals surface area (Å²) in [5.41, 5.74) is -2.51. The molecule has 1 saturated heterocycles. The van der Waals surface area contributed by atoms with Crippen LogP contribution in [0.1, 0.15) is 13.8 Å². The third-order valence-corrected chi connectivity index (χ3v) is 3.29. The van der Waals surface area contributed by atoms with Crippen LogP contribution in [0.4, 0.5) is 0 Å². The molecule has 112 valence electrons. The molecule has 0 spiro atoms. The Morgan fingerprint density at radius 1 is 1.29 bits per heavy atom. The summed E-state index contributed by atoms with van der Waals surface area (Å²) < 4.78 is 0.997. The number of hydrogen-bond acceptors (Lipinski definition) is 5. The lowest BCUT2D eigenvalue weighted by Crippen LogP contribution is -2.66. The quantitative estimate of drug-likeness (QED) is 0.600. The molecule has 0 atom stereocenters. The van der Waals surface area contributed by atoms with Crippen LogP contribution in [-0.2, 0) is 20.9 Å². The molecule has 1 aromatic heterocycles. The predicted molar refractivity (Wildman–Crippen MR) is 70.3 cm³/mol. The largest absolute Gasteiger partial charge is 0.328 e. The van der Waals surface area contributed by atoms with Crippen molar-refractivity contribution in [1.82, 2.24) is 19.8 Å². The van der Waals surface area contributed by atoms with Crippen LogP contribution in [0.15, 0.2) is 21.9 Å². The number of carbonyl (C=O) groups is 3. The van der Waals surface area contributed by atoms with Crippen LogP contribution in [-0.4, -0.2) is 44.3 Å². The van der Waals surface area contributed by atoms with Gasteiger partial charge in [-0.1, -0.05) is 0 Å². The van der Waals surface area contributed by atoms with E-state index in [2.05, 4.69) is 5.32 Å². The van der Waals surface area contributed by atoms with E-state index < -0.39 is 34.5 Å². The Labute approximate surface area is 118 Å². The Morgan fingerprint density at radius 3 is 2.57 bits per heavy atom. The second-order valence-corrected chi connectivity index (χ2v) is 5.15. The fourth-order valence-corrected chi connectivity index (χ4v) is 1.98.